The Bertz CT molecular complexity index is 641. The molecule has 0 bridgehead atoms. The van der Waals surface area contributed by atoms with E-state index in [2.05, 4.69) is 0 Å². The third kappa shape index (κ3) is 5.87. The molecule has 1 saturated heterocycles. The van der Waals surface area contributed by atoms with Gasteiger partial charge in [-0.3, -0.25) is 4.79 Å². The van der Waals surface area contributed by atoms with E-state index in [-0.39, 0.29) is 37.0 Å². The molecule has 4 atom stereocenters. The lowest BCUT2D eigenvalue weighted by molar-refractivity contribution is -0.165. The normalized spacial score (nSPS) is 29.6. The Hall–Kier alpha value is -1.73. The molecular formula is C21H28O6. The predicted molar refractivity (Wildman–Crippen MR) is 99.0 cm³/mol. The number of hydrogen-bond donors (Lipinski definition) is 0. The average Bonchev–Trinajstić information content (AvgIpc) is 2.96. The summed E-state index contributed by atoms with van der Waals surface area (Å²) in [6.07, 6.45) is 3.75. The van der Waals surface area contributed by atoms with Gasteiger partial charge in [-0.05, 0) is 25.8 Å². The predicted octanol–water partition coefficient (Wildman–Crippen LogP) is 3.00. The van der Waals surface area contributed by atoms with Gasteiger partial charge in [-0.2, -0.15) is 0 Å². The van der Waals surface area contributed by atoms with E-state index in [1.165, 1.54) is 6.92 Å². The largest absolute Gasteiger partial charge is 0.463 e. The first-order chi connectivity index (χ1) is 12.9. The van der Waals surface area contributed by atoms with Crippen molar-refractivity contribution in [3.8, 4) is 0 Å². The molecule has 0 spiro atoms. The number of esters is 1. The minimum Gasteiger partial charge on any atom is -0.463 e. The maximum Gasteiger partial charge on any atom is 0.302 e. The Kier molecular flexibility index (Phi) is 6.65. The molecule has 27 heavy (non-hydrogen) atoms. The zero-order chi connectivity index (χ0) is 19.3. The van der Waals surface area contributed by atoms with Crippen LogP contribution in [-0.2, 0) is 35.1 Å². The van der Waals surface area contributed by atoms with Gasteiger partial charge in [-0.1, -0.05) is 42.5 Å². The van der Waals surface area contributed by atoms with Crippen molar-refractivity contribution in [1.29, 1.82) is 0 Å². The summed E-state index contributed by atoms with van der Waals surface area (Å²) < 4.78 is 29.2. The fourth-order valence-corrected chi connectivity index (χ4v) is 3.33. The molecular weight excluding hydrogens is 348 g/mol. The first-order valence-corrected chi connectivity index (χ1v) is 9.36. The van der Waals surface area contributed by atoms with E-state index in [1.54, 1.807) is 0 Å². The van der Waals surface area contributed by atoms with Crippen LogP contribution in [0.5, 0.6) is 0 Å². The first-order valence-electron chi connectivity index (χ1n) is 9.36. The van der Waals surface area contributed by atoms with Crippen LogP contribution >= 0.6 is 0 Å². The number of benzene rings is 1. The lowest BCUT2D eigenvalue weighted by Gasteiger charge is -2.31. The molecule has 0 saturated carbocycles. The zero-order valence-corrected chi connectivity index (χ0v) is 16.1. The third-order valence-electron chi connectivity index (χ3n) is 4.49. The summed E-state index contributed by atoms with van der Waals surface area (Å²) in [5, 5.41) is 0. The molecule has 0 N–H and O–H groups in total. The van der Waals surface area contributed by atoms with E-state index < -0.39 is 5.79 Å². The van der Waals surface area contributed by atoms with E-state index in [4.69, 9.17) is 23.7 Å². The van der Waals surface area contributed by atoms with Crippen LogP contribution in [0.25, 0.3) is 0 Å². The van der Waals surface area contributed by atoms with E-state index in [9.17, 15) is 4.79 Å². The summed E-state index contributed by atoms with van der Waals surface area (Å²) in [6.45, 7) is 6.34. The van der Waals surface area contributed by atoms with Crippen molar-refractivity contribution in [3.63, 3.8) is 0 Å². The number of carbonyl (C=O) groups is 1. The van der Waals surface area contributed by atoms with Crippen LogP contribution in [0.2, 0.25) is 0 Å². The fourth-order valence-electron chi connectivity index (χ4n) is 3.33. The monoisotopic (exact) mass is 376 g/mol. The summed E-state index contributed by atoms with van der Waals surface area (Å²) >= 11 is 0. The lowest BCUT2D eigenvalue weighted by atomic mass is 10.0. The highest BCUT2D eigenvalue weighted by atomic mass is 16.8. The van der Waals surface area contributed by atoms with Gasteiger partial charge in [-0.25, -0.2) is 0 Å². The van der Waals surface area contributed by atoms with E-state index in [0.29, 0.717) is 19.6 Å². The Morgan fingerprint density at radius 2 is 1.96 bits per heavy atom. The van der Waals surface area contributed by atoms with Crippen LogP contribution in [0.4, 0.5) is 0 Å². The van der Waals surface area contributed by atoms with Gasteiger partial charge in [0.05, 0.1) is 19.3 Å². The maximum atomic E-state index is 11.0. The van der Waals surface area contributed by atoms with Crippen molar-refractivity contribution in [2.24, 2.45) is 0 Å². The molecule has 0 aliphatic carbocycles. The second-order valence-corrected chi connectivity index (χ2v) is 7.33. The fraction of sp³-hybridized carbons (Fsp3) is 0.571. The second-order valence-electron chi connectivity index (χ2n) is 7.33. The van der Waals surface area contributed by atoms with Gasteiger partial charge in [0, 0.05) is 6.92 Å². The molecule has 3 rings (SSSR count). The highest BCUT2D eigenvalue weighted by Gasteiger charge is 2.46. The van der Waals surface area contributed by atoms with Gasteiger partial charge in [0.2, 0.25) is 0 Å². The molecule has 0 aromatic heterocycles. The highest BCUT2D eigenvalue weighted by molar-refractivity contribution is 5.65. The zero-order valence-electron chi connectivity index (χ0n) is 16.1. The number of rotatable bonds is 7. The molecule has 2 aliphatic heterocycles. The van der Waals surface area contributed by atoms with Gasteiger partial charge in [0.1, 0.15) is 24.9 Å². The van der Waals surface area contributed by atoms with Gasteiger partial charge in [0.15, 0.2) is 5.79 Å². The van der Waals surface area contributed by atoms with Crippen molar-refractivity contribution in [3.05, 3.63) is 48.0 Å². The summed E-state index contributed by atoms with van der Waals surface area (Å²) in [7, 11) is 0. The smallest absolute Gasteiger partial charge is 0.302 e. The molecule has 0 amide bonds. The van der Waals surface area contributed by atoms with Crippen LogP contribution in [0.1, 0.15) is 32.8 Å². The second kappa shape index (κ2) is 8.97. The SMILES string of the molecule is CC(=O)OC[C@H]1CC=C[C@H]([C@H]2OC(C)(C)O[C@@H]2COCc2ccccc2)O1. The topological polar surface area (TPSA) is 63.2 Å². The molecule has 1 aromatic rings. The Balaban J connectivity index is 1.57. The highest BCUT2D eigenvalue weighted by Crippen LogP contribution is 2.33. The molecule has 0 unspecified atom stereocenters. The Morgan fingerprint density at radius 1 is 1.19 bits per heavy atom. The first kappa shape index (κ1) is 20.0. The van der Waals surface area contributed by atoms with Crippen molar-refractivity contribution in [2.45, 2.75) is 64.0 Å². The Morgan fingerprint density at radius 3 is 2.70 bits per heavy atom. The van der Waals surface area contributed by atoms with Crippen molar-refractivity contribution in [1.82, 2.24) is 0 Å². The summed E-state index contributed by atoms with van der Waals surface area (Å²) in [5.41, 5.74) is 1.11. The number of carbonyl (C=O) groups excluding carboxylic acids is 1. The van der Waals surface area contributed by atoms with Crippen LogP contribution in [0.3, 0.4) is 0 Å². The van der Waals surface area contributed by atoms with Gasteiger partial charge >= 0.3 is 5.97 Å². The number of ether oxygens (including phenoxy) is 5. The van der Waals surface area contributed by atoms with Gasteiger partial charge in [-0.15, -0.1) is 0 Å². The molecule has 2 aliphatic rings. The molecule has 0 radical (unpaired) electrons. The lowest BCUT2D eigenvalue weighted by Crippen LogP contribution is -2.42. The molecule has 1 aromatic carbocycles. The minimum absolute atomic E-state index is 0.179. The van der Waals surface area contributed by atoms with E-state index in [0.717, 1.165) is 5.56 Å². The van der Waals surface area contributed by atoms with Crippen LogP contribution < -0.4 is 0 Å². The van der Waals surface area contributed by atoms with Gasteiger partial charge < -0.3 is 23.7 Å². The maximum absolute atomic E-state index is 11.0. The van der Waals surface area contributed by atoms with Crippen molar-refractivity contribution < 1.29 is 28.5 Å². The van der Waals surface area contributed by atoms with Crippen molar-refractivity contribution in [2.75, 3.05) is 13.2 Å². The summed E-state index contributed by atoms with van der Waals surface area (Å²) in [6, 6.07) is 10.0. The molecule has 2 heterocycles. The van der Waals surface area contributed by atoms with Crippen LogP contribution in [0, 0.1) is 0 Å². The Labute approximate surface area is 160 Å². The van der Waals surface area contributed by atoms with E-state index in [1.807, 2.05) is 56.3 Å². The summed E-state index contributed by atoms with van der Waals surface area (Å²) in [5.74, 6) is -1.01. The van der Waals surface area contributed by atoms with Crippen LogP contribution in [0.15, 0.2) is 42.5 Å². The number of hydrogen-bond acceptors (Lipinski definition) is 6. The van der Waals surface area contributed by atoms with Gasteiger partial charge in [0.25, 0.3) is 0 Å². The molecule has 6 heteroatoms. The minimum atomic E-state index is -0.703. The summed E-state index contributed by atoms with van der Waals surface area (Å²) in [4.78, 5) is 11.0. The van der Waals surface area contributed by atoms with Crippen molar-refractivity contribution >= 4 is 5.97 Å². The molecule has 148 valence electrons. The molecule has 1 fully saturated rings. The third-order valence-corrected chi connectivity index (χ3v) is 4.49. The average molecular weight is 376 g/mol. The standard InChI is InChI=1S/C21H28O6/c1-15(22)24-13-17-10-7-11-18(25-17)20-19(26-21(2,3)27-20)14-23-12-16-8-5-4-6-9-16/h4-9,11,17-20H,10,12-14H2,1-3H3/t17-,18-,19-,20-/m1/s1. The van der Waals surface area contributed by atoms with Crippen LogP contribution in [-0.4, -0.2) is 49.4 Å². The quantitative estimate of drug-likeness (QED) is 0.538. The van der Waals surface area contributed by atoms with E-state index >= 15 is 0 Å². The molecule has 6 nitrogen and oxygen atoms in total.